The van der Waals surface area contributed by atoms with Gasteiger partial charge >= 0.3 is 5.97 Å². The third-order valence-corrected chi connectivity index (χ3v) is 2.65. The lowest BCUT2D eigenvalue weighted by molar-refractivity contribution is -0.132. The Morgan fingerprint density at radius 3 is 3.13 bits per heavy atom. The number of carbonyl (C=O) groups is 1. The molecule has 5 heteroatoms. The first kappa shape index (κ1) is 8.28. The molecule has 0 atom stereocenters. The van der Waals surface area contributed by atoms with E-state index in [1.54, 1.807) is 12.4 Å². The van der Waals surface area contributed by atoms with E-state index in [0.29, 0.717) is 18.7 Å². The summed E-state index contributed by atoms with van der Waals surface area (Å²) in [6.07, 6.45) is 7.75. The van der Waals surface area contributed by atoms with Crippen LogP contribution in [0.3, 0.4) is 0 Å². The van der Waals surface area contributed by atoms with E-state index >= 15 is 0 Å². The second-order valence-electron chi connectivity index (χ2n) is 3.59. The molecule has 0 fully saturated rings. The summed E-state index contributed by atoms with van der Waals surface area (Å²) in [5, 5.41) is 8.88. The average Bonchev–Trinajstić information content (AvgIpc) is 2.73. The Bertz CT molecular complexity index is 459. The van der Waals surface area contributed by atoms with Crippen LogP contribution in [0.5, 0.6) is 0 Å². The molecule has 3 rings (SSSR count). The zero-order valence-electron chi connectivity index (χ0n) is 7.92. The van der Waals surface area contributed by atoms with E-state index in [1.807, 2.05) is 22.1 Å². The Morgan fingerprint density at radius 2 is 2.33 bits per heavy atom. The number of rotatable bonds is 1. The van der Waals surface area contributed by atoms with Gasteiger partial charge in [-0.25, -0.2) is 4.79 Å². The van der Waals surface area contributed by atoms with Crippen molar-refractivity contribution in [3.63, 3.8) is 0 Å². The summed E-state index contributed by atoms with van der Waals surface area (Å²) in [7, 11) is 0. The van der Waals surface area contributed by atoms with Gasteiger partial charge in [-0.2, -0.15) is 0 Å². The molecule has 1 N–H and O–H groups in total. The first-order valence-corrected chi connectivity index (χ1v) is 4.66. The number of nitrogens with zero attached hydrogens (tertiary/aromatic N) is 3. The van der Waals surface area contributed by atoms with E-state index in [-0.39, 0.29) is 0 Å². The maximum absolute atomic E-state index is 10.8. The van der Waals surface area contributed by atoms with Crippen molar-refractivity contribution in [2.45, 2.75) is 6.42 Å². The van der Waals surface area contributed by atoms with Gasteiger partial charge in [0.05, 0.1) is 5.57 Å². The van der Waals surface area contributed by atoms with Crippen LogP contribution in [0.15, 0.2) is 40.6 Å². The maximum Gasteiger partial charge on any atom is 0.333 e. The van der Waals surface area contributed by atoms with Crippen LogP contribution in [0.25, 0.3) is 0 Å². The van der Waals surface area contributed by atoms with Gasteiger partial charge in [0, 0.05) is 30.7 Å². The average molecular weight is 203 g/mol. The molecule has 3 heterocycles. The molecule has 0 unspecified atom stereocenters. The van der Waals surface area contributed by atoms with Gasteiger partial charge in [-0.3, -0.25) is 4.99 Å². The third kappa shape index (κ3) is 1.09. The fourth-order valence-corrected chi connectivity index (χ4v) is 1.94. The SMILES string of the molecule is O=C(O)C1=CN2C(=CN3CN=CC=C32)C1. The lowest BCUT2D eigenvalue weighted by Gasteiger charge is -2.22. The molecule has 0 aromatic heterocycles. The summed E-state index contributed by atoms with van der Waals surface area (Å²) in [6, 6.07) is 0. The van der Waals surface area contributed by atoms with Crippen LogP contribution in [-0.2, 0) is 4.79 Å². The van der Waals surface area contributed by atoms with Crippen LogP contribution < -0.4 is 0 Å². The molecule has 0 amide bonds. The number of aliphatic carboxylic acids is 1. The van der Waals surface area contributed by atoms with E-state index in [9.17, 15) is 4.79 Å². The summed E-state index contributed by atoms with van der Waals surface area (Å²) in [5.41, 5.74) is 1.44. The number of allylic oxidation sites excluding steroid dienone is 2. The largest absolute Gasteiger partial charge is 0.478 e. The molecule has 0 radical (unpaired) electrons. The molecule has 0 bridgehead atoms. The molecular formula is C10H9N3O2. The smallest absolute Gasteiger partial charge is 0.333 e. The Kier molecular flexibility index (Phi) is 1.50. The first-order valence-electron chi connectivity index (χ1n) is 4.66. The standard InChI is InChI=1S/C10H9N3O2/c14-10(15)7-3-8-5-12-6-11-2-1-9(12)13(8)4-7/h1-2,4-5H,3,6H2,(H,14,15). The second kappa shape index (κ2) is 2.73. The quantitative estimate of drug-likeness (QED) is 0.681. The second-order valence-corrected chi connectivity index (χ2v) is 3.59. The van der Waals surface area contributed by atoms with Gasteiger partial charge in [-0.1, -0.05) is 0 Å². The molecule has 0 aromatic rings. The Balaban J connectivity index is 1.97. The molecule has 0 saturated carbocycles. The number of hydrogen-bond acceptors (Lipinski definition) is 4. The molecule has 5 nitrogen and oxygen atoms in total. The van der Waals surface area contributed by atoms with Crippen LogP contribution >= 0.6 is 0 Å². The number of carboxylic acid groups (broad SMARTS) is 1. The topological polar surface area (TPSA) is 56.1 Å². The van der Waals surface area contributed by atoms with Crippen molar-refractivity contribution in [1.82, 2.24) is 9.80 Å². The van der Waals surface area contributed by atoms with Gasteiger partial charge in [0.25, 0.3) is 0 Å². The van der Waals surface area contributed by atoms with E-state index in [1.165, 1.54) is 0 Å². The number of fused-ring (bicyclic) bond motifs is 3. The van der Waals surface area contributed by atoms with Gasteiger partial charge in [0.2, 0.25) is 0 Å². The van der Waals surface area contributed by atoms with E-state index in [4.69, 9.17) is 5.11 Å². The summed E-state index contributed by atoms with van der Waals surface area (Å²) in [6.45, 7) is 0.613. The lowest BCUT2D eigenvalue weighted by Crippen LogP contribution is -2.22. The molecule has 0 saturated heterocycles. The molecule has 0 aliphatic carbocycles. The summed E-state index contributed by atoms with van der Waals surface area (Å²) < 4.78 is 0. The van der Waals surface area contributed by atoms with Crippen LogP contribution in [0, 0.1) is 0 Å². The predicted octanol–water partition coefficient (Wildman–Crippen LogP) is 0.701. The minimum Gasteiger partial charge on any atom is -0.478 e. The minimum absolute atomic E-state index is 0.435. The highest BCUT2D eigenvalue weighted by molar-refractivity contribution is 5.88. The maximum atomic E-state index is 10.8. The van der Waals surface area contributed by atoms with E-state index in [0.717, 1.165) is 11.5 Å². The molecule has 15 heavy (non-hydrogen) atoms. The molecular weight excluding hydrogens is 194 g/mol. The summed E-state index contributed by atoms with van der Waals surface area (Å²) in [5.74, 6) is 0.137. The fraction of sp³-hybridized carbons (Fsp3) is 0.200. The van der Waals surface area contributed by atoms with Gasteiger partial charge in [-0.05, 0) is 6.08 Å². The van der Waals surface area contributed by atoms with Crippen LogP contribution in [0.1, 0.15) is 6.42 Å². The monoisotopic (exact) mass is 203 g/mol. The van der Waals surface area contributed by atoms with Crippen molar-refractivity contribution in [2.75, 3.05) is 6.67 Å². The fourth-order valence-electron chi connectivity index (χ4n) is 1.94. The van der Waals surface area contributed by atoms with Crippen molar-refractivity contribution in [1.29, 1.82) is 0 Å². The normalized spacial score (nSPS) is 22.0. The van der Waals surface area contributed by atoms with Crippen molar-refractivity contribution < 1.29 is 9.90 Å². The van der Waals surface area contributed by atoms with E-state index in [2.05, 4.69) is 4.99 Å². The minimum atomic E-state index is -0.845. The van der Waals surface area contributed by atoms with Gasteiger partial charge in [-0.15, -0.1) is 0 Å². The molecule has 3 aliphatic heterocycles. The first-order chi connectivity index (χ1) is 7.25. The lowest BCUT2D eigenvalue weighted by atomic mass is 10.2. The van der Waals surface area contributed by atoms with Crippen molar-refractivity contribution in [3.8, 4) is 0 Å². The molecule has 3 aliphatic rings. The Morgan fingerprint density at radius 1 is 1.47 bits per heavy atom. The summed E-state index contributed by atoms with van der Waals surface area (Å²) >= 11 is 0. The van der Waals surface area contributed by atoms with Crippen LogP contribution in [0.4, 0.5) is 0 Å². The number of aliphatic imine (C=N–C) groups is 1. The van der Waals surface area contributed by atoms with Crippen LogP contribution in [0.2, 0.25) is 0 Å². The van der Waals surface area contributed by atoms with E-state index < -0.39 is 5.97 Å². The van der Waals surface area contributed by atoms with Gasteiger partial charge < -0.3 is 14.9 Å². The van der Waals surface area contributed by atoms with Crippen LogP contribution in [-0.4, -0.2) is 33.8 Å². The highest BCUT2D eigenvalue weighted by Gasteiger charge is 2.32. The summed E-state index contributed by atoms with van der Waals surface area (Å²) in [4.78, 5) is 18.8. The molecule has 0 spiro atoms. The van der Waals surface area contributed by atoms with Crippen molar-refractivity contribution >= 4 is 12.2 Å². The highest BCUT2D eigenvalue weighted by atomic mass is 16.4. The highest BCUT2D eigenvalue weighted by Crippen LogP contribution is 2.36. The molecule has 76 valence electrons. The zero-order chi connectivity index (χ0) is 10.4. The van der Waals surface area contributed by atoms with Gasteiger partial charge in [0.15, 0.2) is 0 Å². The third-order valence-electron chi connectivity index (χ3n) is 2.65. The Hall–Kier alpha value is -2.04. The van der Waals surface area contributed by atoms with Crippen molar-refractivity contribution in [3.05, 3.63) is 35.6 Å². The predicted molar refractivity (Wildman–Crippen MR) is 53.5 cm³/mol. The molecule has 0 aromatic carbocycles. The number of carboxylic acids is 1. The van der Waals surface area contributed by atoms with Gasteiger partial charge in [0.1, 0.15) is 12.5 Å². The zero-order valence-corrected chi connectivity index (χ0v) is 7.92. The Labute approximate surface area is 86.3 Å². The number of hydrogen-bond donors (Lipinski definition) is 1. The van der Waals surface area contributed by atoms with Crippen molar-refractivity contribution in [2.24, 2.45) is 4.99 Å².